The number of ether oxygens (including phenoxy) is 2. The predicted molar refractivity (Wildman–Crippen MR) is 109 cm³/mol. The zero-order chi connectivity index (χ0) is 20.8. The lowest BCUT2D eigenvalue weighted by molar-refractivity contribution is -0.123. The molecule has 29 heavy (non-hydrogen) atoms. The third kappa shape index (κ3) is 5.13. The van der Waals surface area contributed by atoms with Crippen molar-refractivity contribution in [2.45, 2.75) is 32.8 Å². The molecule has 0 saturated carbocycles. The van der Waals surface area contributed by atoms with Crippen molar-refractivity contribution in [1.82, 2.24) is 0 Å². The van der Waals surface area contributed by atoms with Crippen LogP contribution in [0.3, 0.4) is 0 Å². The lowest BCUT2D eigenvalue weighted by Gasteiger charge is -2.17. The number of carbonyl (C=O) groups excluding carboxylic acids is 3. The van der Waals surface area contributed by atoms with Gasteiger partial charge in [-0.3, -0.25) is 9.59 Å². The number of esters is 1. The number of amides is 2. The molecule has 1 heterocycles. The molecule has 0 aromatic heterocycles. The number of nitrogens with one attached hydrogen (secondary N) is 1. The minimum absolute atomic E-state index is 0.0404. The topological polar surface area (TPSA) is 84.9 Å². The minimum Gasteiger partial charge on any atom is -0.494 e. The van der Waals surface area contributed by atoms with Gasteiger partial charge in [-0.15, -0.1) is 0 Å². The molecule has 1 fully saturated rings. The summed E-state index contributed by atoms with van der Waals surface area (Å²) in [5.41, 5.74) is 1.53. The van der Waals surface area contributed by atoms with E-state index in [0.717, 1.165) is 6.42 Å². The highest BCUT2D eigenvalue weighted by Crippen LogP contribution is 2.23. The Bertz CT molecular complexity index is 894. The average molecular weight is 396 g/mol. The Hall–Kier alpha value is -3.35. The maximum Gasteiger partial charge on any atom is 0.338 e. The second-order valence-corrected chi connectivity index (χ2v) is 6.69. The number of nitrogens with zero attached hydrogens (tertiary/aromatic N) is 1. The zero-order valence-corrected chi connectivity index (χ0v) is 16.5. The van der Waals surface area contributed by atoms with E-state index in [1.807, 2.05) is 6.92 Å². The molecule has 0 radical (unpaired) electrons. The van der Waals surface area contributed by atoms with Crippen molar-refractivity contribution in [2.75, 3.05) is 23.4 Å². The highest BCUT2D eigenvalue weighted by molar-refractivity contribution is 5.99. The summed E-state index contributed by atoms with van der Waals surface area (Å²) in [5, 5.41) is 2.71. The van der Waals surface area contributed by atoms with Crippen molar-refractivity contribution < 1.29 is 23.9 Å². The number of anilines is 2. The van der Waals surface area contributed by atoms with Crippen LogP contribution >= 0.6 is 0 Å². The molecule has 1 aliphatic rings. The first-order valence-corrected chi connectivity index (χ1v) is 9.63. The van der Waals surface area contributed by atoms with Gasteiger partial charge in [0.1, 0.15) is 5.75 Å². The summed E-state index contributed by atoms with van der Waals surface area (Å²) in [6, 6.07) is 13.6. The summed E-state index contributed by atoms with van der Waals surface area (Å²) in [4.78, 5) is 38.3. The van der Waals surface area contributed by atoms with Crippen molar-refractivity contribution in [3.63, 3.8) is 0 Å². The van der Waals surface area contributed by atoms with Gasteiger partial charge in [-0.05, 0) is 62.7 Å². The molecular formula is C22H24N2O5. The van der Waals surface area contributed by atoms with Gasteiger partial charge in [-0.25, -0.2) is 4.79 Å². The first-order chi connectivity index (χ1) is 14.0. The molecule has 0 spiro atoms. The molecule has 1 saturated heterocycles. The number of rotatable bonds is 7. The van der Waals surface area contributed by atoms with Crippen molar-refractivity contribution in [1.29, 1.82) is 0 Å². The standard InChI is InChI=1S/C22H24N2O5/c1-3-28-19-11-9-17(10-12-19)23-21(26)15(2)29-22(27)16-6-4-7-18(14-16)24-13-5-8-20(24)25/h4,6-7,9-12,14-15H,3,5,8,13H2,1-2H3,(H,23,26)/t15-/m0/s1. The van der Waals surface area contributed by atoms with Crippen LogP contribution in [0.25, 0.3) is 0 Å². The fraction of sp³-hybridized carbons (Fsp3) is 0.318. The summed E-state index contributed by atoms with van der Waals surface area (Å²) < 4.78 is 10.7. The van der Waals surface area contributed by atoms with Gasteiger partial charge in [0.05, 0.1) is 12.2 Å². The normalized spacial score (nSPS) is 14.4. The minimum atomic E-state index is -0.980. The Labute approximate surface area is 169 Å². The van der Waals surface area contributed by atoms with Gasteiger partial charge in [0.25, 0.3) is 5.91 Å². The second-order valence-electron chi connectivity index (χ2n) is 6.69. The summed E-state index contributed by atoms with van der Waals surface area (Å²) in [6.07, 6.45) is 0.333. The van der Waals surface area contributed by atoms with Crippen LogP contribution in [-0.2, 0) is 14.3 Å². The molecule has 152 valence electrons. The molecule has 2 amide bonds. The van der Waals surface area contributed by atoms with Crippen molar-refractivity contribution >= 4 is 29.2 Å². The lowest BCUT2D eigenvalue weighted by atomic mass is 10.2. The highest BCUT2D eigenvalue weighted by atomic mass is 16.5. The van der Waals surface area contributed by atoms with Crippen molar-refractivity contribution in [3.8, 4) is 5.75 Å². The summed E-state index contributed by atoms with van der Waals surface area (Å²) in [5.74, 6) is -0.304. The molecule has 0 unspecified atom stereocenters. The largest absolute Gasteiger partial charge is 0.494 e. The van der Waals surface area contributed by atoms with Gasteiger partial charge < -0.3 is 19.7 Å². The molecule has 7 heteroatoms. The third-order valence-corrected chi connectivity index (χ3v) is 4.55. The van der Waals surface area contributed by atoms with Crippen molar-refractivity contribution in [2.24, 2.45) is 0 Å². The average Bonchev–Trinajstić information content (AvgIpc) is 3.15. The maximum atomic E-state index is 12.5. The van der Waals surface area contributed by atoms with Gasteiger partial charge >= 0.3 is 5.97 Å². The number of carbonyl (C=O) groups is 3. The molecule has 1 atom stereocenters. The molecular weight excluding hydrogens is 372 g/mol. The van der Waals surface area contributed by atoms with Crippen LogP contribution in [0, 0.1) is 0 Å². The summed E-state index contributed by atoms with van der Waals surface area (Å²) >= 11 is 0. The molecule has 7 nitrogen and oxygen atoms in total. The second kappa shape index (κ2) is 9.23. The van der Waals surface area contributed by atoms with Crippen molar-refractivity contribution in [3.05, 3.63) is 54.1 Å². The Kier molecular flexibility index (Phi) is 6.49. The molecule has 0 bridgehead atoms. The van der Waals surface area contributed by atoms with E-state index in [9.17, 15) is 14.4 Å². The van der Waals surface area contributed by atoms with E-state index >= 15 is 0 Å². The van der Waals surface area contributed by atoms with E-state index < -0.39 is 18.0 Å². The SMILES string of the molecule is CCOc1ccc(NC(=O)[C@H](C)OC(=O)c2cccc(N3CCCC3=O)c2)cc1. The monoisotopic (exact) mass is 396 g/mol. The van der Waals surface area contributed by atoms with E-state index in [1.165, 1.54) is 6.92 Å². The predicted octanol–water partition coefficient (Wildman–Crippen LogP) is 3.40. The van der Waals surface area contributed by atoms with Gasteiger partial charge in [0.2, 0.25) is 5.91 Å². The molecule has 1 N–H and O–H groups in total. The van der Waals surface area contributed by atoms with Gasteiger partial charge in [-0.1, -0.05) is 6.07 Å². The van der Waals surface area contributed by atoms with Gasteiger partial charge in [-0.2, -0.15) is 0 Å². The summed E-state index contributed by atoms with van der Waals surface area (Å²) in [6.45, 7) is 4.60. The Balaban J connectivity index is 1.59. The van der Waals surface area contributed by atoms with Crippen LogP contribution in [0.1, 0.15) is 37.0 Å². The lowest BCUT2D eigenvalue weighted by Crippen LogP contribution is -2.30. The molecule has 2 aromatic carbocycles. The summed E-state index contributed by atoms with van der Waals surface area (Å²) in [7, 11) is 0. The zero-order valence-electron chi connectivity index (χ0n) is 16.5. The molecule has 0 aliphatic carbocycles. The number of benzene rings is 2. The first kappa shape index (κ1) is 20.4. The van der Waals surface area contributed by atoms with Crippen LogP contribution in [0.4, 0.5) is 11.4 Å². The molecule has 1 aliphatic heterocycles. The van der Waals surface area contributed by atoms with E-state index in [4.69, 9.17) is 9.47 Å². The Morgan fingerprint density at radius 1 is 1.17 bits per heavy atom. The number of hydrogen-bond donors (Lipinski definition) is 1. The van der Waals surface area contributed by atoms with E-state index in [1.54, 1.807) is 53.4 Å². The smallest absolute Gasteiger partial charge is 0.338 e. The first-order valence-electron chi connectivity index (χ1n) is 9.63. The Morgan fingerprint density at radius 2 is 1.93 bits per heavy atom. The van der Waals surface area contributed by atoms with Gasteiger partial charge in [0.15, 0.2) is 6.10 Å². The highest BCUT2D eigenvalue weighted by Gasteiger charge is 2.24. The van der Waals surface area contributed by atoms with Crippen LogP contribution in [0.2, 0.25) is 0 Å². The number of hydrogen-bond acceptors (Lipinski definition) is 5. The van der Waals surface area contributed by atoms with E-state index in [2.05, 4.69) is 5.32 Å². The van der Waals surface area contributed by atoms with Gasteiger partial charge in [0, 0.05) is 24.3 Å². The molecule has 2 aromatic rings. The molecule has 3 rings (SSSR count). The third-order valence-electron chi connectivity index (χ3n) is 4.55. The van der Waals surface area contributed by atoms with Crippen LogP contribution in [0.15, 0.2) is 48.5 Å². The van der Waals surface area contributed by atoms with Crippen LogP contribution in [0.5, 0.6) is 5.75 Å². The Morgan fingerprint density at radius 3 is 2.59 bits per heavy atom. The van der Waals surface area contributed by atoms with E-state index in [-0.39, 0.29) is 5.91 Å². The quantitative estimate of drug-likeness (QED) is 0.725. The van der Waals surface area contributed by atoms with Crippen LogP contribution in [-0.4, -0.2) is 37.0 Å². The fourth-order valence-corrected chi connectivity index (χ4v) is 3.05. The fourth-order valence-electron chi connectivity index (χ4n) is 3.05. The van der Waals surface area contributed by atoms with Crippen LogP contribution < -0.4 is 15.0 Å². The van der Waals surface area contributed by atoms with E-state index in [0.29, 0.717) is 42.3 Å². The maximum absolute atomic E-state index is 12.5.